The Labute approximate surface area is 120 Å². The topological polar surface area (TPSA) is 44.8 Å². The zero-order valence-corrected chi connectivity index (χ0v) is 13.2. The molecule has 0 amide bonds. The molecule has 0 aromatic rings. The first-order chi connectivity index (χ1) is 8.99. The van der Waals surface area contributed by atoms with Crippen molar-refractivity contribution in [1.82, 2.24) is 0 Å². The van der Waals surface area contributed by atoms with E-state index in [-0.39, 0.29) is 11.2 Å². The molecule has 0 heterocycles. The second kappa shape index (κ2) is 10.5. The zero-order chi connectivity index (χ0) is 14.7. The van der Waals surface area contributed by atoms with Gasteiger partial charge in [-0.3, -0.25) is 0 Å². The molecule has 0 N–H and O–H groups in total. The van der Waals surface area contributed by atoms with Crippen molar-refractivity contribution in [3.05, 3.63) is 0 Å². The van der Waals surface area contributed by atoms with E-state index in [2.05, 4.69) is 6.92 Å². The van der Waals surface area contributed by atoms with Crippen LogP contribution in [-0.2, 0) is 18.8 Å². The lowest BCUT2D eigenvalue weighted by molar-refractivity contribution is -0.121. The molecule has 0 saturated carbocycles. The monoisotopic (exact) mass is 268 g/mol. The molecule has 4 nitrogen and oxygen atoms in total. The molecule has 1 unspecified atom stereocenters. The van der Waals surface area contributed by atoms with Gasteiger partial charge in [0, 0.05) is 31.7 Å². The number of carbonyl (C=O) groups is 1. The van der Waals surface area contributed by atoms with Crippen molar-refractivity contribution in [1.29, 1.82) is 0 Å². The van der Waals surface area contributed by atoms with Gasteiger partial charge in [0.25, 0.3) is 24.1 Å². The van der Waals surface area contributed by atoms with Crippen LogP contribution < -0.4 is 0 Å². The van der Waals surface area contributed by atoms with Crippen LogP contribution in [0.3, 0.4) is 0 Å². The molecule has 0 radical (unpaired) electrons. The standard InChI is InChI=1S/C12H27B3O4/c1-10(4-3-5-17-13)6-12(8-18-14,9-19-15)7-11(2)16/h10H,3-9,13-15H2,1-2H3. The molecule has 0 rings (SSSR count). The van der Waals surface area contributed by atoms with Crippen LogP contribution in [0.4, 0.5) is 0 Å². The van der Waals surface area contributed by atoms with E-state index in [1.165, 1.54) is 0 Å². The van der Waals surface area contributed by atoms with Gasteiger partial charge in [0.05, 0.1) is 0 Å². The first-order valence-electron chi connectivity index (χ1n) is 6.96. The van der Waals surface area contributed by atoms with Crippen LogP contribution in [0, 0.1) is 11.3 Å². The summed E-state index contributed by atoms with van der Waals surface area (Å²) >= 11 is 0. The van der Waals surface area contributed by atoms with E-state index < -0.39 is 0 Å². The van der Waals surface area contributed by atoms with Gasteiger partial charge >= 0.3 is 0 Å². The maximum absolute atomic E-state index is 11.5. The summed E-state index contributed by atoms with van der Waals surface area (Å²) in [5, 5.41) is 0. The molecular weight excluding hydrogens is 241 g/mol. The van der Waals surface area contributed by atoms with Crippen molar-refractivity contribution < 1.29 is 18.8 Å². The van der Waals surface area contributed by atoms with Gasteiger partial charge in [-0.15, -0.1) is 0 Å². The fourth-order valence-electron chi connectivity index (χ4n) is 2.89. The molecular formula is C12H27B3O4. The highest BCUT2D eigenvalue weighted by Gasteiger charge is 2.33. The Morgan fingerprint density at radius 1 is 1.16 bits per heavy atom. The van der Waals surface area contributed by atoms with Crippen molar-refractivity contribution >= 4 is 29.9 Å². The Kier molecular flexibility index (Phi) is 10.4. The SMILES string of the molecule is BOCCCC(C)CC(COB)(COB)CC(C)=O. The molecule has 0 fully saturated rings. The summed E-state index contributed by atoms with van der Waals surface area (Å²) in [6.07, 6.45) is 3.61. The van der Waals surface area contributed by atoms with Crippen molar-refractivity contribution in [2.45, 2.75) is 39.5 Å². The molecule has 0 spiro atoms. The van der Waals surface area contributed by atoms with E-state index in [9.17, 15) is 4.79 Å². The molecule has 0 aliphatic rings. The van der Waals surface area contributed by atoms with E-state index in [1.807, 2.05) is 0 Å². The number of carbonyl (C=O) groups excluding carboxylic acids is 1. The summed E-state index contributed by atoms with van der Waals surface area (Å²) < 4.78 is 15.7. The van der Waals surface area contributed by atoms with Gasteiger partial charge in [-0.1, -0.05) is 6.92 Å². The minimum Gasteiger partial charge on any atom is -0.444 e. The minimum atomic E-state index is -0.193. The van der Waals surface area contributed by atoms with Gasteiger partial charge in [-0.25, -0.2) is 0 Å². The maximum atomic E-state index is 11.5. The van der Waals surface area contributed by atoms with Gasteiger partial charge in [0.2, 0.25) is 0 Å². The van der Waals surface area contributed by atoms with Crippen LogP contribution in [0.5, 0.6) is 0 Å². The highest BCUT2D eigenvalue weighted by molar-refractivity contribution is 5.98. The number of hydrogen-bond donors (Lipinski definition) is 0. The lowest BCUT2D eigenvalue weighted by atomic mass is 9.76. The lowest BCUT2D eigenvalue weighted by Crippen LogP contribution is -2.36. The van der Waals surface area contributed by atoms with Crippen molar-refractivity contribution in [3.63, 3.8) is 0 Å². The second-order valence-corrected chi connectivity index (χ2v) is 5.69. The highest BCUT2D eigenvalue weighted by atomic mass is 16.4. The fourth-order valence-corrected chi connectivity index (χ4v) is 2.89. The Bertz CT molecular complexity index is 245. The van der Waals surface area contributed by atoms with E-state index >= 15 is 0 Å². The van der Waals surface area contributed by atoms with E-state index in [4.69, 9.17) is 14.0 Å². The molecule has 0 saturated heterocycles. The molecule has 0 aliphatic heterocycles. The highest BCUT2D eigenvalue weighted by Crippen LogP contribution is 2.33. The van der Waals surface area contributed by atoms with Crippen LogP contribution in [-0.4, -0.2) is 49.8 Å². The first-order valence-corrected chi connectivity index (χ1v) is 6.96. The molecule has 19 heavy (non-hydrogen) atoms. The summed E-state index contributed by atoms with van der Waals surface area (Å²) in [6, 6.07) is 0. The number of ketones is 1. The van der Waals surface area contributed by atoms with Crippen LogP contribution in [0.25, 0.3) is 0 Å². The predicted octanol–water partition coefficient (Wildman–Crippen LogP) is -0.548. The van der Waals surface area contributed by atoms with Crippen molar-refractivity contribution in [2.75, 3.05) is 19.8 Å². The minimum absolute atomic E-state index is 0.193. The maximum Gasteiger partial charge on any atom is 0.257 e. The third kappa shape index (κ3) is 8.50. The molecule has 7 heteroatoms. The summed E-state index contributed by atoms with van der Waals surface area (Å²) in [5.41, 5.74) is -0.193. The Morgan fingerprint density at radius 3 is 2.16 bits per heavy atom. The van der Waals surface area contributed by atoms with Gasteiger partial charge in [-0.2, -0.15) is 0 Å². The van der Waals surface area contributed by atoms with E-state index in [1.54, 1.807) is 31.1 Å². The number of Topliss-reactive ketones (excluding diaryl/α,β-unsaturated/α-hetero) is 1. The Morgan fingerprint density at radius 2 is 1.74 bits per heavy atom. The smallest absolute Gasteiger partial charge is 0.257 e. The lowest BCUT2D eigenvalue weighted by Gasteiger charge is -2.35. The van der Waals surface area contributed by atoms with E-state index in [0.29, 0.717) is 25.6 Å². The molecule has 108 valence electrons. The van der Waals surface area contributed by atoms with Crippen LogP contribution in [0.15, 0.2) is 0 Å². The summed E-state index contributed by atoms with van der Waals surface area (Å²) in [5.74, 6) is 0.720. The third-order valence-corrected chi connectivity index (χ3v) is 3.35. The average molecular weight is 268 g/mol. The molecule has 0 aromatic heterocycles. The van der Waals surface area contributed by atoms with Gasteiger partial charge < -0.3 is 18.8 Å². The Hall–Kier alpha value is -0.255. The molecule has 1 atom stereocenters. The summed E-state index contributed by atoms with van der Waals surface area (Å²) in [6.45, 7) is 5.77. The zero-order valence-electron chi connectivity index (χ0n) is 13.2. The van der Waals surface area contributed by atoms with Crippen molar-refractivity contribution in [2.24, 2.45) is 11.3 Å². The largest absolute Gasteiger partial charge is 0.444 e. The average Bonchev–Trinajstić information content (AvgIpc) is 2.28. The first kappa shape index (κ1) is 18.7. The van der Waals surface area contributed by atoms with Crippen LogP contribution in [0.1, 0.15) is 39.5 Å². The Balaban J connectivity index is 4.55. The molecule has 0 aliphatic carbocycles. The fraction of sp³-hybridized carbons (Fsp3) is 0.917. The van der Waals surface area contributed by atoms with Crippen LogP contribution in [0.2, 0.25) is 0 Å². The van der Waals surface area contributed by atoms with E-state index in [0.717, 1.165) is 25.9 Å². The summed E-state index contributed by atoms with van der Waals surface area (Å²) in [4.78, 5) is 11.5. The molecule has 0 aromatic carbocycles. The molecule has 0 bridgehead atoms. The quantitative estimate of drug-likeness (QED) is 0.352. The van der Waals surface area contributed by atoms with Crippen LogP contribution >= 0.6 is 0 Å². The number of hydrogen-bond acceptors (Lipinski definition) is 4. The normalized spacial score (nSPS) is 13.4. The number of rotatable bonds is 12. The second-order valence-electron chi connectivity index (χ2n) is 5.69. The third-order valence-electron chi connectivity index (χ3n) is 3.35. The van der Waals surface area contributed by atoms with Gasteiger partial charge in [0.1, 0.15) is 5.78 Å². The van der Waals surface area contributed by atoms with Gasteiger partial charge in [-0.05, 0) is 32.1 Å². The van der Waals surface area contributed by atoms with Crippen molar-refractivity contribution in [3.8, 4) is 0 Å². The van der Waals surface area contributed by atoms with Gasteiger partial charge in [0.15, 0.2) is 0 Å². The summed E-state index contributed by atoms with van der Waals surface area (Å²) in [7, 11) is 5.08. The predicted molar refractivity (Wildman–Crippen MR) is 84.2 cm³/mol.